The Labute approximate surface area is 154 Å². The number of fused-ring (bicyclic) bond motifs is 1. The van der Waals surface area contributed by atoms with Gasteiger partial charge in [-0.25, -0.2) is 0 Å². The third-order valence-corrected chi connectivity index (χ3v) is 6.20. The lowest BCUT2D eigenvalue weighted by Gasteiger charge is -2.29. The van der Waals surface area contributed by atoms with E-state index in [1.807, 2.05) is 28.9 Å². The average Bonchev–Trinajstić information content (AvgIpc) is 3.19. The van der Waals surface area contributed by atoms with Crippen molar-refractivity contribution in [2.45, 2.75) is 25.0 Å². The summed E-state index contributed by atoms with van der Waals surface area (Å²) in [6, 6.07) is 0. The summed E-state index contributed by atoms with van der Waals surface area (Å²) in [5.74, 6) is -0.635. The summed E-state index contributed by atoms with van der Waals surface area (Å²) in [5.41, 5.74) is -0.614. The lowest BCUT2D eigenvalue weighted by atomic mass is 9.76. The third kappa shape index (κ3) is 2.86. The van der Waals surface area contributed by atoms with E-state index in [9.17, 15) is 9.59 Å². The molecule has 7 heteroatoms. The molecule has 0 saturated carbocycles. The molecular weight excluding hydrogens is 334 g/mol. The zero-order valence-corrected chi connectivity index (χ0v) is 15.7. The highest BCUT2D eigenvalue weighted by atomic mass is 16.5. The van der Waals surface area contributed by atoms with E-state index < -0.39 is 5.60 Å². The fraction of sp³-hybridized carbons (Fsp3) is 0.789. The molecule has 0 unspecified atom stereocenters. The fourth-order valence-electron chi connectivity index (χ4n) is 4.85. The van der Waals surface area contributed by atoms with Gasteiger partial charge < -0.3 is 24.2 Å². The van der Waals surface area contributed by atoms with E-state index in [2.05, 4.69) is 11.9 Å². The van der Waals surface area contributed by atoms with Crippen LogP contribution < -0.4 is 0 Å². The van der Waals surface area contributed by atoms with Crippen molar-refractivity contribution in [3.8, 4) is 0 Å². The smallest absolute Gasteiger partial charge is 0.230 e. The van der Waals surface area contributed by atoms with Gasteiger partial charge in [0.15, 0.2) is 0 Å². The number of likely N-dealkylation sites (tertiary alicyclic amines) is 1. The molecule has 1 spiro atoms. The normalized spacial score (nSPS) is 36.7. The molecule has 4 heterocycles. The van der Waals surface area contributed by atoms with Crippen LogP contribution in [0.1, 0.15) is 13.3 Å². The van der Waals surface area contributed by atoms with E-state index in [1.165, 1.54) is 0 Å². The van der Waals surface area contributed by atoms with Gasteiger partial charge >= 0.3 is 0 Å². The number of hydrogen-bond acceptors (Lipinski definition) is 5. The number of amides is 2. The molecule has 0 aromatic heterocycles. The van der Waals surface area contributed by atoms with Crippen LogP contribution in [-0.2, 0) is 19.1 Å². The van der Waals surface area contributed by atoms with Gasteiger partial charge in [0.2, 0.25) is 11.8 Å². The Morgan fingerprint density at radius 2 is 2.19 bits per heavy atom. The van der Waals surface area contributed by atoms with Crippen LogP contribution >= 0.6 is 0 Å². The molecule has 26 heavy (non-hydrogen) atoms. The predicted molar refractivity (Wildman–Crippen MR) is 95.5 cm³/mol. The molecule has 7 nitrogen and oxygen atoms in total. The van der Waals surface area contributed by atoms with Crippen molar-refractivity contribution in [3.05, 3.63) is 12.2 Å². The van der Waals surface area contributed by atoms with Gasteiger partial charge in [-0.3, -0.25) is 9.59 Å². The van der Waals surface area contributed by atoms with Crippen LogP contribution in [0.15, 0.2) is 12.2 Å². The van der Waals surface area contributed by atoms with Gasteiger partial charge in [-0.05, 0) is 26.9 Å². The van der Waals surface area contributed by atoms with Crippen LogP contribution in [0.3, 0.4) is 0 Å². The van der Waals surface area contributed by atoms with Crippen LogP contribution in [0.4, 0.5) is 0 Å². The molecule has 3 fully saturated rings. The maximum Gasteiger partial charge on any atom is 0.230 e. The number of likely N-dealkylation sites (N-methyl/N-ethyl adjacent to an activating group) is 1. The summed E-state index contributed by atoms with van der Waals surface area (Å²) in [5, 5.41) is 0. The fourth-order valence-corrected chi connectivity index (χ4v) is 4.85. The third-order valence-electron chi connectivity index (χ3n) is 6.20. The molecule has 3 saturated heterocycles. The summed E-state index contributed by atoms with van der Waals surface area (Å²) in [6.45, 7) is 7.57. The van der Waals surface area contributed by atoms with Gasteiger partial charge in [0.05, 0.1) is 31.1 Å². The summed E-state index contributed by atoms with van der Waals surface area (Å²) < 4.78 is 11.6. The second-order valence-corrected chi connectivity index (χ2v) is 7.84. The van der Waals surface area contributed by atoms with Crippen molar-refractivity contribution < 1.29 is 19.1 Å². The van der Waals surface area contributed by atoms with Crippen LogP contribution in [0, 0.1) is 11.8 Å². The predicted octanol–water partition coefficient (Wildman–Crippen LogP) is -0.0310. The van der Waals surface area contributed by atoms with Crippen molar-refractivity contribution >= 4 is 11.8 Å². The number of carbonyl (C=O) groups is 2. The topological polar surface area (TPSA) is 62.3 Å². The molecule has 4 aliphatic heterocycles. The largest absolute Gasteiger partial charge is 0.380 e. The molecule has 144 valence electrons. The van der Waals surface area contributed by atoms with Crippen molar-refractivity contribution in [3.63, 3.8) is 0 Å². The Morgan fingerprint density at radius 1 is 1.35 bits per heavy atom. The van der Waals surface area contributed by atoms with Crippen LogP contribution in [0.2, 0.25) is 0 Å². The average molecular weight is 363 g/mol. The highest BCUT2D eigenvalue weighted by molar-refractivity contribution is 5.93. The molecule has 2 amide bonds. The van der Waals surface area contributed by atoms with Crippen molar-refractivity contribution in [2.75, 3.05) is 59.5 Å². The zero-order chi connectivity index (χ0) is 18.3. The minimum Gasteiger partial charge on any atom is -0.380 e. The molecule has 2 bridgehead atoms. The second-order valence-electron chi connectivity index (χ2n) is 7.84. The van der Waals surface area contributed by atoms with Gasteiger partial charge in [0.1, 0.15) is 5.60 Å². The van der Waals surface area contributed by atoms with E-state index in [4.69, 9.17) is 9.47 Å². The van der Waals surface area contributed by atoms with Gasteiger partial charge in [-0.15, -0.1) is 0 Å². The Bertz CT molecular complexity index is 610. The summed E-state index contributed by atoms with van der Waals surface area (Å²) in [6.07, 6.45) is 4.72. The standard InChI is InChI=1S/C19H29N3O4/c1-3-25-12-11-22-13-19-6-5-14(26-19)15(16(19)18(22)24)17(23)21-8-4-7-20(2)9-10-21/h5-6,14-16H,3-4,7-13H2,1-2H3/t14-,15+,16+,19-/m0/s1. The number of rotatable bonds is 5. The second kappa shape index (κ2) is 6.94. The molecule has 0 N–H and O–H groups in total. The summed E-state index contributed by atoms with van der Waals surface area (Å²) in [7, 11) is 2.09. The number of ether oxygens (including phenoxy) is 2. The van der Waals surface area contributed by atoms with Crippen molar-refractivity contribution in [1.29, 1.82) is 0 Å². The zero-order valence-electron chi connectivity index (χ0n) is 15.7. The van der Waals surface area contributed by atoms with Crippen molar-refractivity contribution in [1.82, 2.24) is 14.7 Å². The molecule has 4 aliphatic rings. The van der Waals surface area contributed by atoms with Crippen LogP contribution in [-0.4, -0.2) is 97.7 Å². The monoisotopic (exact) mass is 363 g/mol. The molecule has 0 radical (unpaired) electrons. The Kier molecular flexibility index (Phi) is 4.79. The first-order valence-corrected chi connectivity index (χ1v) is 9.77. The number of hydrogen-bond donors (Lipinski definition) is 0. The highest BCUT2D eigenvalue weighted by Crippen LogP contribution is 2.52. The SMILES string of the molecule is CCOCCN1C[C@]23C=C[C@H](O2)[C@@H](C(=O)N2CCCN(C)CC2)[C@@H]3C1=O. The number of nitrogens with zero attached hydrogens (tertiary/aromatic N) is 3. The maximum atomic E-state index is 13.3. The first kappa shape index (κ1) is 17.9. The number of carbonyl (C=O) groups excluding carboxylic acids is 2. The first-order chi connectivity index (χ1) is 12.6. The molecule has 0 aromatic carbocycles. The molecule has 0 aliphatic carbocycles. The Balaban J connectivity index is 1.50. The lowest BCUT2D eigenvalue weighted by Crippen LogP contribution is -2.47. The molecule has 0 aromatic rings. The molecule has 4 atom stereocenters. The van der Waals surface area contributed by atoms with E-state index in [-0.39, 0.29) is 29.8 Å². The minimum atomic E-state index is -0.614. The summed E-state index contributed by atoms with van der Waals surface area (Å²) >= 11 is 0. The van der Waals surface area contributed by atoms with Crippen molar-refractivity contribution in [2.24, 2.45) is 11.8 Å². The van der Waals surface area contributed by atoms with E-state index >= 15 is 0 Å². The van der Waals surface area contributed by atoms with E-state index in [0.717, 1.165) is 32.6 Å². The maximum absolute atomic E-state index is 13.3. The van der Waals surface area contributed by atoms with Gasteiger partial charge in [0.25, 0.3) is 0 Å². The Morgan fingerprint density at radius 3 is 3.00 bits per heavy atom. The molecular formula is C19H29N3O4. The van der Waals surface area contributed by atoms with Gasteiger partial charge in [-0.1, -0.05) is 12.2 Å². The highest BCUT2D eigenvalue weighted by Gasteiger charge is 2.67. The molecule has 4 rings (SSSR count). The lowest BCUT2D eigenvalue weighted by molar-refractivity contribution is -0.143. The quantitative estimate of drug-likeness (QED) is 0.507. The Hall–Kier alpha value is -1.44. The first-order valence-electron chi connectivity index (χ1n) is 9.77. The minimum absolute atomic E-state index is 0.0434. The van der Waals surface area contributed by atoms with Crippen LogP contribution in [0.25, 0.3) is 0 Å². The summed E-state index contributed by atoms with van der Waals surface area (Å²) in [4.78, 5) is 32.4. The van der Waals surface area contributed by atoms with Gasteiger partial charge in [0, 0.05) is 32.8 Å². The van der Waals surface area contributed by atoms with Crippen LogP contribution in [0.5, 0.6) is 0 Å². The van der Waals surface area contributed by atoms with Gasteiger partial charge in [-0.2, -0.15) is 0 Å². The van der Waals surface area contributed by atoms with E-state index in [0.29, 0.717) is 26.3 Å². The van der Waals surface area contributed by atoms with E-state index in [1.54, 1.807) is 0 Å².